The van der Waals surface area contributed by atoms with Gasteiger partial charge in [0.1, 0.15) is 11.9 Å². The lowest BCUT2D eigenvalue weighted by Gasteiger charge is -2.37. The van der Waals surface area contributed by atoms with Crippen LogP contribution in [-0.4, -0.2) is 45.6 Å². The number of carbonyl (C=O) groups is 2. The summed E-state index contributed by atoms with van der Waals surface area (Å²) >= 11 is 0. The maximum atomic E-state index is 14.5. The van der Waals surface area contributed by atoms with E-state index in [4.69, 9.17) is 0 Å². The summed E-state index contributed by atoms with van der Waals surface area (Å²) < 4.78 is 58.9. The number of hydrogen-bond donors (Lipinski definition) is 2. The topological polar surface area (TPSA) is 91.6 Å². The highest BCUT2D eigenvalue weighted by molar-refractivity contribution is 5.82. The fourth-order valence-corrected chi connectivity index (χ4v) is 9.20. The van der Waals surface area contributed by atoms with E-state index in [2.05, 4.69) is 10.2 Å². The molecule has 1 aliphatic heterocycles. The number of aryl methyl sites for hydroxylation is 3. The predicted molar refractivity (Wildman–Crippen MR) is 196 cm³/mol. The number of benzene rings is 2. The summed E-state index contributed by atoms with van der Waals surface area (Å²) in [6.45, 7) is 8.76. The molecule has 2 aliphatic carbocycles. The molecule has 0 unspecified atom stereocenters. The molecule has 0 radical (unpaired) electrons. The maximum absolute atomic E-state index is 14.5. The monoisotopic (exact) mass is 737 g/mol. The first-order valence-electron chi connectivity index (χ1n) is 19.1. The van der Waals surface area contributed by atoms with Crippen molar-refractivity contribution >= 4 is 11.9 Å². The molecule has 0 spiro atoms. The Hall–Kier alpha value is -3.99. The van der Waals surface area contributed by atoms with E-state index >= 15 is 0 Å². The average Bonchev–Trinajstić information content (AvgIpc) is 3.79. The molecule has 3 aliphatic rings. The van der Waals surface area contributed by atoms with Gasteiger partial charge in [0.15, 0.2) is 0 Å². The Morgan fingerprint density at radius 1 is 0.943 bits per heavy atom. The lowest BCUT2D eigenvalue weighted by molar-refractivity contribution is -0.139. The normalized spacial score (nSPS) is 18.4. The Morgan fingerprint density at radius 3 is 2.21 bits per heavy atom. The molecule has 1 aromatic heterocycles. The third kappa shape index (κ3) is 8.55. The molecule has 2 heterocycles. The smallest absolute Gasteiger partial charge is 0.416 e. The third-order valence-electron chi connectivity index (χ3n) is 11.7. The van der Waals surface area contributed by atoms with Crippen molar-refractivity contribution in [1.82, 2.24) is 14.8 Å². The van der Waals surface area contributed by atoms with Gasteiger partial charge in [0, 0.05) is 18.3 Å². The molecule has 11 heteroatoms. The molecular weight excluding hydrogens is 686 g/mol. The molecule has 1 saturated carbocycles. The summed E-state index contributed by atoms with van der Waals surface area (Å²) in [6, 6.07) is 5.67. The van der Waals surface area contributed by atoms with Gasteiger partial charge in [-0.25, -0.2) is 4.39 Å². The molecule has 2 N–H and O–H groups in total. The molecule has 3 aromatic rings. The van der Waals surface area contributed by atoms with Gasteiger partial charge in [-0.15, -0.1) is 0 Å². The van der Waals surface area contributed by atoms with Gasteiger partial charge in [0.2, 0.25) is 5.91 Å². The second-order valence-corrected chi connectivity index (χ2v) is 15.9. The molecule has 286 valence electrons. The first kappa shape index (κ1) is 38.7. The number of piperidine rings is 1. The van der Waals surface area contributed by atoms with Gasteiger partial charge in [-0.05, 0) is 153 Å². The van der Waals surface area contributed by atoms with Gasteiger partial charge in [0.25, 0.3) is 5.56 Å². The van der Waals surface area contributed by atoms with Crippen molar-refractivity contribution in [3.05, 3.63) is 91.6 Å². The molecular formula is C42H51F4N3O4. The van der Waals surface area contributed by atoms with Gasteiger partial charge < -0.3 is 19.9 Å². The number of hydrogen-bond acceptors (Lipinski definition) is 4. The van der Waals surface area contributed by atoms with E-state index < -0.39 is 53.6 Å². The van der Waals surface area contributed by atoms with Gasteiger partial charge in [-0.2, -0.15) is 13.2 Å². The summed E-state index contributed by atoms with van der Waals surface area (Å²) in [6.07, 6.45) is 4.28. The van der Waals surface area contributed by atoms with Crippen LogP contribution in [0.4, 0.5) is 17.6 Å². The first-order chi connectivity index (χ1) is 25.1. The van der Waals surface area contributed by atoms with E-state index in [0.717, 1.165) is 70.1 Å². The van der Waals surface area contributed by atoms with Crippen LogP contribution in [0.3, 0.4) is 0 Å². The van der Waals surface area contributed by atoms with Crippen molar-refractivity contribution < 1.29 is 32.3 Å². The van der Waals surface area contributed by atoms with E-state index in [1.54, 1.807) is 0 Å². The van der Waals surface area contributed by atoms with Crippen molar-refractivity contribution in [2.45, 2.75) is 129 Å². The lowest BCUT2D eigenvalue weighted by atomic mass is 9.86. The molecule has 53 heavy (non-hydrogen) atoms. The van der Waals surface area contributed by atoms with Crippen LogP contribution in [0.1, 0.15) is 129 Å². The van der Waals surface area contributed by atoms with Crippen molar-refractivity contribution in [3.8, 4) is 11.1 Å². The number of rotatable bonds is 11. The fourth-order valence-electron chi connectivity index (χ4n) is 9.20. The van der Waals surface area contributed by atoms with Crippen LogP contribution >= 0.6 is 0 Å². The molecule has 7 nitrogen and oxygen atoms in total. The van der Waals surface area contributed by atoms with Crippen LogP contribution in [0.25, 0.3) is 11.1 Å². The zero-order chi connectivity index (χ0) is 38.2. The number of likely N-dealkylation sites (tertiary alicyclic amines) is 1. The Kier molecular flexibility index (Phi) is 11.5. The van der Waals surface area contributed by atoms with E-state index in [1.807, 2.05) is 39.8 Å². The minimum Gasteiger partial charge on any atom is -0.481 e. The number of nitrogens with zero attached hydrogens (tertiary/aromatic N) is 2. The number of pyridine rings is 1. The third-order valence-corrected chi connectivity index (χ3v) is 11.7. The van der Waals surface area contributed by atoms with Crippen molar-refractivity contribution in [1.29, 1.82) is 0 Å². The van der Waals surface area contributed by atoms with Crippen molar-refractivity contribution in [2.24, 2.45) is 5.92 Å². The highest BCUT2D eigenvalue weighted by Crippen LogP contribution is 2.41. The summed E-state index contributed by atoms with van der Waals surface area (Å²) in [5.74, 6) is -2.68. The SMILES string of the molecule is Cc1cc(F)cc(C)c1-c1cc([C@@H](CC(=O)O)NC(=O)[C@@H](CC(C)C)n2cc(C3CCN(C4CCCC4)CC3)c(C(F)(F)F)cc2=O)cc2c1CCC2. The predicted octanol–water partition coefficient (Wildman–Crippen LogP) is 8.82. The molecule has 1 amide bonds. The molecule has 6 rings (SSSR count). The highest BCUT2D eigenvalue weighted by Gasteiger charge is 2.39. The Bertz CT molecular complexity index is 1880. The summed E-state index contributed by atoms with van der Waals surface area (Å²) in [4.78, 5) is 42.6. The zero-order valence-corrected chi connectivity index (χ0v) is 31.1. The van der Waals surface area contributed by atoms with Crippen LogP contribution in [-0.2, 0) is 28.6 Å². The molecule has 0 bridgehead atoms. The number of amides is 1. The molecule has 2 fully saturated rings. The molecule has 2 aromatic carbocycles. The largest absolute Gasteiger partial charge is 0.481 e. The standard InChI is InChI=1S/C42H51F4N3O4/c1-24(2)16-37(49-23-34(35(21-38(49)50)42(44,45)46)27-12-14-48(15-13-27)31-9-5-6-10-31)41(53)47-36(22-39(51)52)29-19-28-8-7-11-32(28)33(20-29)40-25(3)17-30(43)18-26(40)4/h17-21,23-24,27,31,36-37H,5-16,22H2,1-4H3,(H,47,53)(H,51,52)/t36-,37-/m1/s1. The zero-order valence-electron chi connectivity index (χ0n) is 31.1. The van der Waals surface area contributed by atoms with Crippen LogP contribution in [0.15, 0.2) is 41.3 Å². The number of alkyl halides is 3. The lowest BCUT2D eigenvalue weighted by Crippen LogP contribution is -2.42. The first-order valence-corrected chi connectivity index (χ1v) is 19.1. The quantitative estimate of drug-likeness (QED) is 0.192. The van der Waals surface area contributed by atoms with Crippen LogP contribution in [0, 0.1) is 25.6 Å². The van der Waals surface area contributed by atoms with Crippen molar-refractivity contribution in [3.63, 3.8) is 0 Å². The molecule has 2 atom stereocenters. The summed E-state index contributed by atoms with van der Waals surface area (Å²) in [5.41, 5.74) is 4.08. The Balaban J connectivity index is 1.36. The van der Waals surface area contributed by atoms with Crippen molar-refractivity contribution in [2.75, 3.05) is 13.1 Å². The summed E-state index contributed by atoms with van der Waals surface area (Å²) in [5, 5.41) is 12.9. The summed E-state index contributed by atoms with van der Waals surface area (Å²) in [7, 11) is 0. The number of nitrogens with one attached hydrogen (secondary N) is 1. The number of carboxylic acids is 1. The van der Waals surface area contributed by atoms with Gasteiger partial charge in [0.05, 0.1) is 18.0 Å². The average molecular weight is 738 g/mol. The van der Waals surface area contributed by atoms with E-state index in [-0.39, 0.29) is 23.7 Å². The van der Waals surface area contributed by atoms with Gasteiger partial charge in [-0.3, -0.25) is 14.4 Å². The highest BCUT2D eigenvalue weighted by atomic mass is 19.4. The number of fused-ring (bicyclic) bond motifs is 1. The second-order valence-electron chi connectivity index (χ2n) is 15.9. The number of aliphatic carboxylic acids is 1. The Morgan fingerprint density at radius 2 is 1.60 bits per heavy atom. The van der Waals surface area contributed by atoms with Crippen LogP contribution in [0.2, 0.25) is 0 Å². The Labute approximate surface area is 308 Å². The minimum absolute atomic E-state index is 0.0279. The minimum atomic E-state index is -4.74. The van der Waals surface area contributed by atoms with Gasteiger partial charge >= 0.3 is 12.1 Å². The number of carboxylic acid groups (broad SMARTS) is 1. The second kappa shape index (κ2) is 15.8. The fraction of sp³-hybridized carbons (Fsp3) is 0.548. The van der Waals surface area contributed by atoms with Crippen LogP contribution < -0.4 is 10.9 Å². The van der Waals surface area contributed by atoms with Crippen LogP contribution in [0.5, 0.6) is 0 Å². The number of halogens is 4. The number of aromatic nitrogens is 1. The van der Waals surface area contributed by atoms with Gasteiger partial charge in [-0.1, -0.05) is 32.8 Å². The van der Waals surface area contributed by atoms with E-state index in [0.29, 0.717) is 43.6 Å². The maximum Gasteiger partial charge on any atom is 0.416 e. The van der Waals surface area contributed by atoms with E-state index in [1.165, 1.54) is 31.2 Å². The van der Waals surface area contributed by atoms with E-state index in [9.17, 15) is 37.1 Å². The number of carbonyl (C=O) groups excluding carboxylic acids is 1. The molecule has 1 saturated heterocycles.